The molecule has 0 aromatic heterocycles. The fourth-order valence-electron chi connectivity index (χ4n) is 1.46. The molecule has 0 saturated carbocycles. The van der Waals surface area contributed by atoms with Crippen LogP contribution < -0.4 is 4.74 Å². The van der Waals surface area contributed by atoms with Gasteiger partial charge in [0.2, 0.25) is 0 Å². The Morgan fingerprint density at radius 1 is 1.33 bits per heavy atom. The van der Waals surface area contributed by atoms with E-state index in [4.69, 9.17) is 4.74 Å². The van der Waals surface area contributed by atoms with Gasteiger partial charge in [0.25, 0.3) is 0 Å². The zero-order valence-corrected chi connectivity index (χ0v) is 9.40. The van der Waals surface area contributed by atoms with Crippen LogP contribution in [0.1, 0.15) is 37.0 Å². The van der Waals surface area contributed by atoms with Crippen LogP contribution in [0.3, 0.4) is 0 Å². The van der Waals surface area contributed by atoms with Gasteiger partial charge < -0.3 is 4.74 Å². The Morgan fingerprint density at radius 3 is 2.53 bits per heavy atom. The zero-order valence-electron chi connectivity index (χ0n) is 9.40. The van der Waals surface area contributed by atoms with Crippen molar-refractivity contribution in [1.29, 1.82) is 0 Å². The van der Waals surface area contributed by atoms with E-state index in [9.17, 15) is 4.79 Å². The Hall–Kier alpha value is -1.31. The predicted octanol–water partition coefficient (Wildman–Crippen LogP) is 3.31. The highest BCUT2D eigenvalue weighted by atomic mass is 16.5. The van der Waals surface area contributed by atoms with Gasteiger partial charge in [-0.15, -0.1) is 0 Å². The number of benzene rings is 1. The van der Waals surface area contributed by atoms with Crippen molar-refractivity contribution in [2.75, 3.05) is 6.61 Å². The lowest BCUT2D eigenvalue weighted by molar-refractivity contribution is 0.112. The lowest BCUT2D eigenvalue weighted by Gasteiger charge is -2.11. The summed E-state index contributed by atoms with van der Waals surface area (Å²) in [7, 11) is 0. The van der Waals surface area contributed by atoms with Crippen molar-refractivity contribution in [1.82, 2.24) is 0 Å². The number of rotatable bonds is 6. The highest BCUT2D eigenvalue weighted by Gasteiger charge is 2.01. The first kappa shape index (κ1) is 11.8. The van der Waals surface area contributed by atoms with Gasteiger partial charge in [-0.25, -0.2) is 0 Å². The van der Waals surface area contributed by atoms with Gasteiger partial charge in [-0.05, 0) is 36.6 Å². The molecule has 0 fully saturated rings. The summed E-state index contributed by atoms with van der Waals surface area (Å²) >= 11 is 0. The van der Waals surface area contributed by atoms with E-state index in [0.29, 0.717) is 11.5 Å². The molecule has 0 N–H and O–H groups in total. The fourth-order valence-corrected chi connectivity index (χ4v) is 1.46. The lowest BCUT2D eigenvalue weighted by atomic mass is 10.1. The molecule has 1 unspecified atom stereocenters. The molecule has 0 heterocycles. The van der Waals surface area contributed by atoms with E-state index < -0.39 is 0 Å². The second-order valence-electron chi connectivity index (χ2n) is 3.89. The fraction of sp³-hybridized carbons (Fsp3) is 0.462. The van der Waals surface area contributed by atoms with Crippen molar-refractivity contribution in [2.24, 2.45) is 5.92 Å². The molecule has 0 bridgehead atoms. The highest BCUT2D eigenvalue weighted by Crippen LogP contribution is 2.13. The summed E-state index contributed by atoms with van der Waals surface area (Å²) in [6.07, 6.45) is 3.21. The third-order valence-corrected chi connectivity index (χ3v) is 2.33. The number of aldehydes is 1. The SMILES string of the molecule is CCCC(C)COc1ccc(C=O)cc1. The van der Waals surface area contributed by atoms with Gasteiger partial charge in [0.05, 0.1) is 6.61 Å². The van der Waals surface area contributed by atoms with Crippen LogP contribution in [0.5, 0.6) is 5.75 Å². The molecule has 1 aromatic carbocycles. The summed E-state index contributed by atoms with van der Waals surface area (Å²) in [4.78, 5) is 10.4. The smallest absolute Gasteiger partial charge is 0.150 e. The van der Waals surface area contributed by atoms with Crippen LogP contribution in [0.2, 0.25) is 0 Å². The first-order valence-electron chi connectivity index (χ1n) is 5.44. The minimum atomic E-state index is 0.584. The number of ether oxygens (including phenoxy) is 1. The first-order valence-corrected chi connectivity index (χ1v) is 5.44. The summed E-state index contributed by atoms with van der Waals surface area (Å²) in [5, 5.41) is 0. The molecule has 0 spiro atoms. The summed E-state index contributed by atoms with van der Waals surface area (Å²) < 4.78 is 5.60. The molecule has 1 aromatic rings. The number of carbonyl (C=O) groups is 1. The van der Waals surface area contributed by atoms with E-state index in [1.807, 2.05) is 12.1 Å². The molecular formula is C13H18O2. The van der Waals surface area contributed by atoms with E-state index in [0.717, 1.165) is 18.6 Å². The van der Waals surface area contributed by atoms with Crippen molar-refractivity contribution in [2.45, 2.75) is 26.7 Å². The first-order chi connectivity index (χ1) is 7.26. The Bertz CT molecular complexity index is 290. The lowest BCUT2D eigenvalue weighted by Crippen LogP contribution is -2.08. The number of carbonyl (C=O) groups excluding carboxylic acids is 1. The van der Waals surface area contributed by atoms with Crippen LogP contribution in [0.4, 0.5) is 0 Å². The predicted molar refractivity (Wildman–Crippen MR) is 61.4 cm³/mol. The van der Waals surface area contributed by atoms with Gasteiger partial charge in [0, 0.05) is 5.56 Å². The standard InChI is InChI=1S/C13H18O2/c1-3-4-11(2)10-15-13-7-5-12(9-14)6-8-13/h5-9,11H,3-4,10H2,1-2H3. The Labute approximate surface area is 91.3 Å². The van der Waals surface area contributed by atoms with Gasteiger partial charge in [0.1, 0.15) is 12.0 Å². The normalized spacial score (nSPS) is 12.1. The quantitative estimate of drug-likeness (QED) is 0.667. The number of hydrogen-bond acceptors (Lipinski definition) is 2. The van der Waals surface area contributed by atoms with E-state index in [2.05, 4.69) is 13.8 Å². The molecule has 0 radical (unpaired) electrons. The molecule has 0 amide bonds. The van der Waals surface area contributed by atoms with Crippen molar-refractivity contribution in [3.63, 3.8) is 0 Å². The zero-order chi connectivity index (χ0) is 11.1. The average Bonchev–Trinajstić information content (AvgIpc) is 2.27. The van der Waals surface area contributed by atoms with Crippen LogP contribution >= 0.6 is 0 Å². The largest absolute Gasteiger partial charge is 0.493 e. The van der Waals surface area contributed by atoms with E-state index >= 15 is 0 Å². The van der Waals surface area contributed by atoms with Crippen LogP contribution in [0, 0.1) is 5.92 Å². The van der Waals surface area contributed by atoms with Crippen molar-refractivity contribution < 1.29 is 9.53 Å². The van der Waals surface area contributed by atoms with E-state index in [1.165, 1.54) is 12.8 Å². The van der Waals surface area contributed by atoms with Crippen LogP contribution in [0.25, 0.3) is 0 Å². The second-order valence-corrected chi connectivity index (χ2v) is 3.89. The molecular weight excluding hydrogens is 188 g/mol. The maximum Gasteiger partial charge on any atom is 0.150 e. The van der Waals surface area contributed by atoms with Crippen molar-refractivity contribution in [3.05, 3.63) is 29.8 Å². The monoisotopic (exact) mass is 206 g/mol. The molecule has 15 heavy (non-hydrogen) atoms. The minimum absolute atomic E-state index is 0.584. The van der Waals surface area contributed by atoms with Gasteiger partial charge in [-0.2, -0.15) is 0 Å². The molecule has 2 heteroatoms. The average molecular weight is 206 g/mol. The molecule has 0 saturated heterocycles. The number of hydrogen-bond donors (Lipinski definition) is 0. The van der Waals surface area contributed by atoms with Gasteiger partial charge in [-0.3, -0.25) is 4.79 Å². The third-order valence-electron chi connectivity index (χ3n) is 2.33. The molecule has 0 aliphatic rings. The molecule has 1 atom stereocenters. The summed E-state index contributed by atoms with van der Waals surface area (Å²) in [6, 6.07) is 7.21. The molecule has 82 valence electrons. The van der Waals surface area contributed by atoms with Crippen LogP contribution in [-0.4, -0.2) is 12.9 Å². The molecule has 0 aliphatic carbocycles. The van der Waals surface area contributed by atoms with Gasteiger partial charge in [0.15, 0.2) is 0 Å². The van der Waals surface area contributed by atoms with Crippen LogP contribution in [0.15, 0.2) is 24.3 Å². The van der Waals surface area contributed by atoms with Crippen LogP contribution in [-0.2, 0) is 0 Å². The topological polar surface area (TPSA) is 26.3 Å². The van der Waals surface area contributed by atoms with E-state index in [-0.39, 0.29) is 0 Å². The summed E-state index contributed by atoms with van der Waals surface area (Å²) in [5.41, 5.74) is 0.684. The molecule has 2 nitrogen and oxygen atoms in total. The second kappa shape index (κ2) is 6.23. The van der Waals surface area contributed by atoms with E-state index in [1.54, 1.807) is 12.1 Å². The maximum atomic E-state index is 10.4. The highest BCUT2D eigenvalue weighted by molar-refractivity contribution is 5.74. The van der Waals surface area contributed by atoms with Crippen molar-refractivity contribution in [3.8, 4) is 5.75 Å². The maximum absolute atomic E-state index is 10.4. The Morgan fingerprint density at radius 2 is 2.00 bits per heavy atom. The minimum Gasteiger partial charge on any atom is -0.493 e. The van der Waals surface area contributed by atoms with Gasteiger partial charge in [-0.1, -0.05) is 20.3 Å². The summed E-state index contributed by atoms with van der Waals surface area (Å²) in [5.74, 6) is 1.42. The summed E-state index contributed by atoms with van der Waals surface area (Å²) in [6.45, 7) is 5.10. The van der Waals surface area contributed by atoms with Gasteiger partial charge >= 0.3 is 0 Å². The third kappa shape index (κ3) is 4.15. The molecule has 0 aliphatic heterocycles. The Kier molecular flexibility index (Phi) is 4.88. The molecule has 1 rings (SSSR count). The van der Waals surface area contributed by atoms with Crippen molar-refractivity contribution >= 4 is 6.29 Å². The Balaban J connectivity index is 2.40.